The monoisotopic (exact) mass is 487 g/mol. The minimum absolute atomic E-state index is 0.00108. The second-order valence-electron chi connectivity index (χ2n) is 8.02. The Balaban J connectivity index is 1.57. The number of benzene rings is 3. The highest BCUT2D eigenvalue weighted by Crippen LogP contribution is 2.26. The first-order chi connectivity index (χ1) is 16.9. The van der Waals surface area contributed by atoms with Crippen molar-refractivity contribution in [3.63, 3.8) is 0 Å². The highest BCUT2D eigenvalue weighted by atomic mass is 32.2. The summed E-state index contributed by atoms with van der Waals surface area (Å²) in [5.74, 6) is 1.01. The van der Waals surface area contributed by atoms with E-state index in [-0.39, 0.29) is 18.1 Å². The molecule has 0 aliphatic heterocycles. The van der Waals surface area contributed by atoms with Crippen molar-refractivity contribution in [1.29, 1.82) is 0 Å². The number of hydrogen-bond donors (Lipinski definition) is 1. The van der Waals surface area contributed by atoms with E-state index in [0.29, 0.717) is 28.0 Å². The van der Waals surface area contributed by atoms with Crippen LogP contribution >= 0.6 is 11.8 Å². The predicted molar refractivity (Wildman–Crippen MR) is 136 cm³/mol. The van der Waals surface area contributed by atoms with Crippen LogP contribution in [0.2, 0.25) is 0 Å². The molecule has 0 aliphatic carbocycles. The fraction of sp³-hybridized carbons (Fsp3) is 0.192. The van der Waals surface area contributed by atoms with Crippen LogP contribution in [0.1, 0.15) is 39.8 Å². The third-order valence-electron chi connectivity index (χ3n) is 5.50. The second-order valence-corrected chi connectivity index (χ2v) is 8.96. The van der Waals surface area contributed by atoms with Crippen LogP contribution in [-0.4, -0.2) is 25.6 Å². The van der Waals surface area contributed by atoms with Gasteiger partial charge in [0.05, 0.1) is 11.5 Å². The first-order valence-electron chi connectivity index (χ1n) is 11.2. The standard InChI is InChI=1S/C26H25N5O3S/c1-3-19-7-9-21(10-8-19)25(32)27-16-24-28-29-26(35-17-20-6-4-5-18(2)15-20)30(24)22-11-13-23(14-12-22)31(33)34/h4-15H,3,16-17H2,1-2H3,(H,27,32). The maximum atomic E-state index is 12.7. The molecule has 3 aromatic carbocycles. The van der Waals surface area contributed by atoms with Crippen LogP contribution in [0.25, 0.3) is 5.69 Å². The van der Waals surface area contributed by atoms with Crippen molar-refractivity contribution < 1.29 is 9.72 Å². The maximum absolute atomic E-state index is 12.7. The number of aryl methyl sites for hydroxylation is 2. The predicted octanol–water partition coefficient (Wildman–Crippen LogP) is 5.27. The number of nitro benzene ring substituents is 1. The van der Waals surface area contributed by atoms with Gasteiger partial charge in [0.15, 0.2) is 11.0 Å². The van der Waals surface area contributed by atoms with Gasteiger partial charge in [0.2, 0.25) is 0 Å². The van der Waals surface area contributed by atoms with Crippen LogP contribution in [0.4, 0.5) is 5.69 Å². The second kappa shape index (κ2) is 11.0. The summed E-state index contributed by atoms with van der Waals surface area (Å²) in [6, 6.07) is 21.9. The first kappa shape index (κ1) is 24.2. The number of nitro groups is 1. The molecule has 8 nitrogen and oxygen atoms in total. The van der Waals surface area contributed by atoms with E-state index in [2.05, 4.69) is 34.6 Å². The van der Waals surface area contributed by atoms with Crippen molar-refractivity contribution in [3.05, 3.63) is 111 Å². The van der Waals surface area contributed by atoms with Crippen LogP contribution in [-0.2, 0) is 18.7 Å². The Bertz CT molecular complexity index is 1330. The van der Waals surface area contributed by atoms with E-state index in [9.17, 15) is 14.9 Å². The fourth-order valence-electron chi connectivity index (χ4n) is 3.59. The first-order valence-corrected chi connectivity index (χ1v) is 12.2. The van der Waals surface area contributed by atoms with E-state index in [1.165, 1.54) is 29.5 Å². The van der Waals surface area contributed by atoms with Gasteiger partial charge in [0.25, 0.3) is 11.6 Å². The minimum atomic E-state index is -0.436. The number of rotatable bonds is 9. The molecule has 0 spiro atoms. The van der Waals surface area contributed by atoms with Crippen molar-refractivity contribution in [2.75, 3.05) is 0 Å². The Kier molecular flexibility index (Phi) is 7.57. The van der Waals surface area contributed by atoms with Gasteiger partial charge in [-0.1, -0.05) is 60.6 Å². The number of nitrogens with zero attached hydrogens (tertiary/aromatic N) is 4. The summed E-state index contributed by atoms with van der Waals surface area (Å²) in [6.45, 7) is 4.27. The van der Waals surface area contributed by atoms with Gasteiger partial charge in [-0.25, -0.2) is 0 Å². The van der Waals surface area contributed by atoms with Gasteiger partial charge >= 0.3 is 0 Å². The molecule has 4 aromatic rings. The molecule has 9 heteroatoms. The lowest BCUT2D eigenvalue weighted by Gasteiger charge is -2.11. The molecular formula is C26H25N5O3S. The van der Waals surface area contributed by atoms with Crippen molar-refractivity contribution >= 4 is 23.4 Å². The molecule has 1 N–H and O–H groups in total. The van der Waals surface area contributed by atoms with Crippen LogP contribution in [0.3, 0.4) is 0 Å². The zero-order chi connectivity index (χ0) is 24.8. The molecule has 1 heterocycles. The van der Waals surface area contributed by atoms with Gasteiger partial charge in [-0.05, 0) is 48.7 Å². The Morgan fingerprint density at radius 3 is 2.43 bits per heavy atom. The number of non-ortho nitro benzene ring substituents is 1. The molecule has 0 saturated carbocycles. The molecular weight excluding hydrogens is 462 g/mol. The van der Waals surface area contributed by atoms with Crippen molar-refractivity contribution in [2.24, 2.45) is 0 Å². The summed E-state index contributed by atoms with van der Waals surface area (Å²) < 4.78 is 1.82. The van der Waals surface area contributed by atoms with Crippen molar-refractivity contribution in [1.82, 2.24) is 20.1 Å². The Morgan fingerprint density at radius 2 is 1.77 bits per heavy atom. The summed E-state index contributed by atoms with van der Waals surface area (Å²) in [6.07, 6.45) is 0.906. The normalized spacial score (nSPS) is 10.8. The molecule has 1 aromatic heterocycles. The van der Waals surface area contributed by atoms with Crippen LogP contribution < -0.4 is 5.32 Å². The number of amides is 1. The van der Waals surface area contributed by atoms with Crippen molar-refractivity contribution in [2.45, 2.75) is 37.7 Å². The molecule has 0 radical (unpaired) electrons. The third-order valence-corrected chi connectivity index (χ3v) is 6.50. The Hall–Kier alpha value is -3.98. The summed E-state index contributed by atoms with van der Waals surface area (Å²) in [7, 11) is 0. The smallest absolute Gasteiger partial charge is 0.269 e. The molecule has 1 amide bonds. The van der Waals surface area contributed by atoms with E-state index < -0.39 is 4.92 Å². The molecule has 0 bridgehead atoms. The number of nitrogens with one attached hydrogen (secondary N) is 1. The summed E-state index contributed by atoms with van der Waals surface area (Å²) in [5, 5.41) is 23.3. The average molecular weight is 488 g/mol. The fourth-order valence-corrected chi connectivity index (χ4v) is 4.51. The third kappa shape index (κ3) is 5.93. The lowest BCUT2D eigenvalue weighted by atomic mass is 10.1. The largest absolute Gasteiger partial charge is 0.345 e. The van der Waals surface area contributed by atoms with Gasteiger partial charge in [-0.15, -0.1) is 10.2 Å². The molecule has 0 saturated heterocycles. The average Bonchev–Trinajstić information content (AvgIpc) is 3.29. The van der Waals surface area contributed by atoms with Gasteiger partial charge in [0.1, 0.15) is 0 Å². The number of hydrogen-bond acceptors (Lipinski definition) is 6. The molecule has 0 unspecified atom stereocenters. The van der Waals surface area contributed by atoms with E-state index >= 15 is 0 Å². The van der Waals surface area contributed by atoms with E-state index in [4.69, 9.17) is 0 Å². The number of thioether (sulfide) groups is 1. The Labute approximate surface area is 207 Å². The van der Waals surface area contributed by atoms with Crippen molar-refractivity contribution in [3.8, 4) is 5.69 Å². The van der Waals surface area contributed by atoms with Crippen LogP contribution in [0.15, 0.2) is 78.0 Å². The van der Waals surface area contributed by atoms with Gasteiger partial charge in [-0.2, -0.15) is 0 Å². The highest BCUT2D eigenvalue weighted by Gasteiger charge is 2.17. The van der Waals surface area contributed by atoms with Gasteiger partial charge in [-0.3, -0.25) is 19.5 Å². The van der Waals surface area contributed by atoms with E-state index in [1.54, 1.807) is 24.3 Å². The maximum Gasteiger partial charge on any atom is 0.269 e. The zero-order valence-electron chi connectivity index (χ0n) is 19.5. The van der Waals surface area contributed by atoms with Crippen LogP contribution in [0, 0.1) is 17.0 Å². The summed E-state index contributed by atoms with van der Waals surface area (Å²) in [5.41, 5.74) is 4.74. The van der Waals surface area contributed by atoms with E-state index in [1.807, 2.05) is 35.8 Å². The molecule has 178 valence electrons. The molecule has 0 atom stereocenters. The zero-order valence-corrected chi connectivity index (χ0v) is 20.3. The quantitative estimate of drug-likeness (QED) is 0.196. The van der Waals surface area contributed by atoms with Gasteiger partial charge in [0, 0.05) is 29.1 Å². The number of carbonyl (C=O) groups is 1. The SMILES string of the molecule is CCc1ccc(C(=O)NCc2nnc(SCc3cccc(C)c3)n2-c2ccc([N+](=O)[O-])cc2)cc1. The minimum Gasteiger partial charge on any atom is -0.345 e. The number of carbonyl (C=O) groups excluding carboxylic acids is 1. The molecule has 35 heavy (non-hydrogen) atoms. The van der Waals surface area contributed by atoms with E-state index in [0.717, 1.165) is 17.5 Å². The number of aromatic nitrogens is 3. The lowest BCUT2D eigenvalue weighted by molar-refractivity contribution is -0.384. The summed E-state index contributed by atoms with van der Waals surface area (Å²) >= 11 is 1.51. The lowest BCUT2D eigenvalue weighted by Crippen LogP contribution is -2.24. The highest BCUT2D eigenvalue weighted by molar-refractivity contribution is 7.98. The Morgan fingerprint density at radius 1 is 1.03 bits per heavy atom. The molecule has 0 fully saturated rings. The van der Waals surface area contributed by atoms with Crippen LogP contribution in [0.5, 0.6) is 0 Å². The molecule has 0 aliphatic rings. The topological polar surface area (TPSA) is 103 Å². The molecule has 4 rings (SSSR count). The summed E-state index contributed by atoms with van der Waals surface area (Å²) in [4.78, 5) is 23.3. The van der Waals surface area contributed by atoms with Gasteiger partial charge < -0.3 is 5.32 Å².